The van der Waals surface area contributed by atoms with E-state index >= 15 is 0 Å². The lowest BCUT2D eigenvalue weighted by atomic mass is 9.70. The Morgan fingerprint density at radius 3 is 2.38 bits per heavy atom. The summed E-state index contributed by atoms with van der Waals surface area (Å²) in [6.45, 7) is 8.00. The monoisotopic (exact) mass is 478 g/mol. The van der Waals surface area contributed by atoms with Crippen LogP contribution in [0.25, 0.3) is 0 Å². The van der Waals surface area contributed by atoms with Gasteiger partial charge in [-0.25, -0.2) is 9.59 Å². The number of carbonyl (C=O) groups is 2. The van der Waals surface area contributed by atoms with Crippen LogP contribution in [0.3, 0.4) is 0 Å². The standard InChI is InChI=1S/C27H46N2O5/c1-4-17-33-22-15-10-16-23(22)34-26(32)29-24(25(30)31)27(2,3)18-19-11-8-9-14-21(19)28-20-12-6-5-7-13-20/h4,19-24,28H,1,5-18H2,2-3H3,(H,29,32)(H,30,31)/t19?,21?,22-,23-,24-/m1/s1. The van der Waals surface area contributed by atoms with Crippen LogP contribution in [-0.4, -0.2) is 54.1 Å². The number of alkyl carbamates (subject to hydrolysis) is 1. The van der Waals surface area contributed by atoms with Crippen LogP contribution in [0.2, 0.25) is 0 Å². The first kappa shape index (κ1) is 27.0. The van der Waals surface area contributed by atoms with Crippen molar-refractivity contribution < 1.29 is 24.2 Å². The van der Waals surface area contributed by atoms with Crippen LogP contribution < -0.4 is 10.6 Å². The van der Waals surface area contributed by atoms with Crippen LogP contribution in [0.15, 0.2) is 12.7 Å². The Morgan fingerprint density at radius 1 is 1.00 bits per heavy atom. The van der Waals surface area contributed by atoms with Gasteiger partial charge in [-0.05, 0) is 62.7 Å². The van der Waals surface area contributed by atoms with Crippen molar-refractivity contribution >= 4 is 12.1 Å². The fourth-order valence-electron chi connectivity index (χ4n) is 6.33. The van der Waals surface area contributed by atoms with Gasteiger partial charge in [0.15, 0.2) is 0 Å². The molecule has 34 heavy (non-hydrogen) atoms. The molecule has 0 aromatic carbocycles. The Labute approximate surface area is 205 Å². The topological polar surface area (TPSA) is 96.9 Å². The van der Waals surface area contributed by atoms with Gasteiger partial charge in [0.2, 0.25) is 0 Å². The van der Waals surface area contributed by atoms with E-state index in [9.17, 15) is 14.7 Å². The number of hydrogen-bond donors (Lipinski definition) is 3. The molecule has 0 aliphatic heterocycles. The number of ether oxygens (including phenoxy) is 2. The summed E-state index contributed by atoms with van der Waals surface area (Å²) in [6.07, 6.45) is 14.8. The second kappa shape index (κ2) is 12.9. The second-order valence-corrected chi connectivity index (χ2v) is 11.3. The number of aliphatic carboxylic acids is 1. The van der Waals surface area contributed by atoms with Gasteiger partial charge in [-0.1, -0.05) is 52.0 Å². The molecule has 3 fully saturated rings. The number of carboxylic acids is 1. The van der Waals surface area contributed by atoms with E-state index < -0.39 is 23.5 Å². The summed E-state index contributed by atoms with van der Waals surface area (Å²) in [4.78, 5) is 25.0. The molecule has 0 heterocycles. The smallest absolute Gasteiger partial charge is 0.408 e. The van der Waals surface area contributed by atoms with Gasteiger partial charge >= 0.3 is 12.1 Å². The minimum atomic E-state index is -1.01. The molecule has 7 nitrogen and oxygen atoms in total. The maximum Gasteiger partial charge on any atom is 0.408 e. The highest BCUT2D eigenvalue weighted by atomic mass is 16.6. The molecule has 3 rings (SSSR count). The van der Waals surface area contributed by atoms with E-state index in [2.05, 4.69) is 17.2 Å². The summed E-state index contributed by atoms with van der Waals surface area (Å²) >= 11 is 0. The van der Waals surface area contributed by atoms with Crippen molar-refractivity contribution in [3.8, 4) is 0 Å². The Kier molecular flexibility index (Phi) is 10.3. The molecule has 3 N–H and O–H groups in total. The van der Waals surface area contributed by atoms with Gasteiger partial charge in [-0.3, -0.25) is 0 Å². The van der Waals surface area contributed by atoms with Crippen molar-refractivity contribution in [2.45, 2.75) is 128 Å². The molecule has 194 valence electrons. The zero-order valence-electron chi connectivity index (χ0n) is 21.2. The van der Waals surface area contributed by atoms with Crippen LogP contribution in [0.4, 0.5) is 4.79 Å². The molecule has 0 radical (unpaired) electrons. The molecule has 2 unspecified atom stereocenters. The summed E-state index contributed by atoms with van der Waals surface area (Å²) in [5.74, 6) is -0.600. The van der Waals surface area contributed by atoms with Crippen molar-refractivity contribution in [1.82, 2.24) is 10.6 Å². The molecule has 7 heteroatoms. The Bertz CT molecular complexity index is 676. The van der Waals surface area contributed by atoms with Crippen molar-refractivity contribution in [2.24, 2.45) is 11.3 Å². The number of rotatable bonds is 11. The highest BCUT2D eigenvalue weighted by Gasteiger charge is 2.42. The molecule has 0 spiro atoms. The molecule has 1 amide bonds. The summed E-state index contributed by atoms with van der Waals surface area (Å²) in [5.41, 5.74) is -0.603. The maximum atomic E-state index is 12.7. The quantitative estimate of drug-likeness (QED) is 0.354. The number of hydrogen-bond acceptors (Lipinski definition) is 5. The van der Waals surface area contributed by atoms with Gasteiger partial charge in [0.05, 0.1) is 12.7 Å². The van der Waals surface area contributed by atoms with Crippen molar-refractivity contribution in [1.29, 1.82) is 0 Å². The van der Waals surface area contributed by atoms with E-state index in [0.717, 1.165) is 38.5 Å². The van der Waals surface area contributed by atoms with Crippen molar-refractivity contribution in [3.63, 3.8) is 0 Å². The lowest BCUT2D eigenvalue weighted by Crippen LogP contribution is -2.53. The summed E-state index contributed by atoms with van der Waals surface area (Å²) in [6, 6.07) is 0.0125. The first-order valence-corrected chi connectivity index (χ1v) is 13.5. The SMILES string of the molecule is C=CCO[C@@H]1CCC[C@H]1OC(=O)N[C@H](C(=O)O)C(C)(C)CC1CCCCC1NC1CCCCC1. The molecular formula is C27H46N2O5. The Balaban J connectivity index is 1.58. The van der Waals surface area contributed by atoms with E-state index in [1.165, 1.54) is 44.9 Å². The molecule has 0 aromatic heterocycles. The third-order valence-corrected chi connectivity index (χ3v) is 8.12. The number of nitrogens with one attached hydrogen (secondary N) is 2. The molecule has 5 atom stereocenters. The molecular weight excluding hydrogens is 432 g/mol. The van der Waals surface area contributed by atoms with E-state index in [1.807, 2.05) is 13.8 Å². The van der Waals surface area contributed by atoms with E-state index in [0.29, 0.717) is 24.6 Å². The fraction of sp³-hybridized carbons (Fsp3) is 0.852. The average molecular weight is 479 g/mol. The van der Waals surface area contributed by atoms with E-state index in [-0.39, 0.29) is 12.2 Å². The van der Waals surface area contributed by atoms with Gasteiger partial charge in [0, 0.05) is 12.1 Å². The minimum Gasteiger partial charge on any atom is -0.480 e. The van der Waals surface area contributed by atoms with Crippen LogP contribution in [0.5, 0.6) is 0 Å². The van der Waals surface area contributed by atoms with Crippen LogP contribution in [0, 0.1) is 11.3 Å². The molecule has 3 saturated carbocycles. The van der Waals surface area contributed by atoms with Gasteiger partial charge < -0.3 is 25.2 Å². The van der Waals surface area contributed by atoms with Crippen molar-refractivity contribution in [2.75, 3.05) is 6.61 Å². The predicted octanol–water partition coefficient (Wildman–Crippen LogP) is 5.19. The third kappa shape index (κ3) is 7.70. The molecule has 3 aliphatic rings. The normalized spacial score (nSPS) is 29.4. The zero-order chi connectivity index (χ0) is 24.6. The van der Waals surface area contributed by atoms with Crippen LogP contribution in [-0.2, 0) is 14.3 Å². The lowest BCUT2D eigenvalue weighted by Gasteiger charge is -2.41. The number of carboxylic acid groups (broad SMARTS) is 1. The second-order valence-electron chi connectivity index (χ2n) is 11.3. The van der Waals surface area contributed by atoms with Crippen LogP contribution in [0.1, 0.15) is 97.3 Å². The molecule has 0 bridgehead atoms. The predicted molar refractivity (Wildman–Crippen MR) is 133 cm³/mol. The first-order valence-electron chi connectivity index (χ1n) is 13.5. The number of carbonyl (C=O) groups excluding carboxylic acids is 1. The average Bonchev–Trinajstić information content (AvgIpc) is 3.24. The summed E-state index contributed by atoms with van der Waals surface area (Å²) in [5, 5.41) is 16.6. The highest BCUT2D eigenvalue weighted by Crippen LogP contribution is 2.38. The fourth-order valence-corrected chi connectivity index (χ4v) is 6.33. The minimum absolute atomic E-state index is 0.158. The Morgan fingerprint density at radius 2 is 1.68 bits per heavy atom. The number of amides is 1. The van der Waals surface area contributed by atoms with Gasteiger partial charge in [-0.15, -0.1) is 6.58 Å². The van der Waals surface area contributed by atoms with Gasteiger partial charge in [0.1, 0.15) is 12.1 Å². The van der Waals surface area contributed by atoms with E-state index in [4.69, 9.17) is 9.47 Å². The zero-order valence-corrected chi connectivity index (χ0v) is 21.2. The summed E-state index contributed by atoms with van der Waals surface area (Å²) < 4.78 is 11.3. The third-order valence-electron chi connectivity index (χ3n) is 8.12. The molecule has 0 aromatic rings. The molecule has 3 aliphatic carbocycles. The maximum absolute atomic E-state index is 12.7. The lowest BCUT2D eigenvalue weighted by molar-refractivity contribution is -0.143. The summed E-state index contributed by atoms with van der Waals surface area (Å²) in [7, 11) is 0. The molecule has 0 saturated heterocycles. The Hall–Kier alpha value is -1.60. The largest absolute Gasteiger partial charge is 0.480 e. The van der Waals surface area contributed by atoms with Gasteiger partial charge in [0.25, 0.3) is 0 Å². The van der Waals surface area contributed by atoms with Gasteiger partial charge in [-0.2, -0.15) is 0 Å². The first-order chi connectivity index (χ1) is 16.3. The van der Waals surface area contributed by atoms with Crippen molar-refractivity contribution in [3.05, 3.63) is 12.7 Å². The highest BCUT2D eigenvalue weighted by molar-refractivity contribution is 5.80. The van der Waals surface area contributed by atoms with Crippen LogP contribution >= 0.6 is 0 Å². The van der Waals surface area contributed by atoms with E-state index in [1.54, 1.807) is 6.08 Å².